The molecule has 0 aliphatic carbocycles. The van der Waals surface area contributed by atoms with Gasteiger partial charge in [0.2, 0.25) is 0 Å². The summed E-state index contributed by atoms with van der Waals surface area (Å²) in [7, 11) is 2.11. The Hall–Kier alpha value is -1.33. The zero-order valence-electron chi connectivity index (χ0n) is 14.6. The summed E-state index contributed by atoms with van der Waals surface area (Å²) in [5.74, 6) is -0.248. The molecule has 4 rings (SSSR count). The third-order valence-electron chi connectivity index (χ3n) is 5.08. The number of fused-ring (bicyclic) bond motifs is 6. The number of carbonyl (C=O) groups is 1. The topological polar surface area (TPSA) is 43.3 Å². The first kappa shape index (κ1) is 16.2. The Kier molecular flexibility index (Phi) is 3.59. The van der Waals surface area contributed by atoms with Crippen molar-refractivity contribution in [1.29, 1.82) is 0 Å². The highest BCUT2D eigenvalue weighted by Crippen LogP contribution is 2.43. The highest BCUT2D eigenvalue weighted by molar-refractivity contribution is 9.10. The third-order valence-corrected chi connectivity index (χ3v) is 5.53. The van der Waals surface area contributed by atoms with Crippen LogP contribution in [0.15, 0.2) is 16.6 Å². The molecule has 1 aromatic heterocycles. The number of hydrogen-bond donors (Lipinski definition) is 1. The van der Waals surface area contributed by atoms with Crippen molar-refractivity contribution >= 4 is 32.8 Å². The lowest BCUT2D eigenvalue weighted by Gasteiger charge is -2.24. The summed E-state index contributed by atoms with van der Waals surface area (Å²) in [5, 5.41) is 4.76. The van der Waals surface area contributed by atoms with E-state index >= 15 is 0 Å². The molecule has 2 aromatic rings. The number of rotatable bonds is 1. The number of ether oxygens (including phenoxy) is 1. The number of esters is 1. The van der Waals surface area contributed by atoms with E-state index in [0.29, 0.717) is 17.6 Å². The molecule has 0 saturated carbocycles. The van der Waals surface area contributed by atoms with Gasteiger partial charge in [-0.25, -0.2) is 4.79 Å². The normalized spacial score (nSPS) is 22.7. The minimum absolute atomic E-state index is 0.248. The van der Waals surface area contributed by atoms with E-state index < -0.39 is 5.60 Å². The molecule has 24 heavy (non-hydrogen) atoms. The number of carbonyl (C=O) groups excluding carboxylic acids is 1. The summed E-state index contributed by atoms with van der Waals surface area (Å²) >= 11 is 3.56. The number of hydrogen-bond acceptors (Lipinski definition) is 3. The summed E-state index contributed by atoms with van der Waals surface area (Å²) in [6, 6.07) is 4.93. The first-order valence-electron chi connectivity index (χ1n) is 8.54. The summed E-state index contributed by atoms with van der Waals surface area (Å²) in [4.78, 5) is 12.9. The van der Waals surface area contributed by atoms with Gasteiger partial charge in [0.25, 0.3) is 0 Å². The van der Waals surface area contributed by atoms with Gasteiger partial charge in [0, 0.05) is 41.1 Å². The maximum absolute atomic E-state index is 12.9. The Labute approximate surface area is 150 Å². The fourth-order valence-corrected chi connectivity index (χ4v) is 4.61. The lowest BCUT2D eigenvalue weighted by atomic mass is 9.96. The Morgan fingerprint density at radius 3 is 2.79 bits per heavy atom. The summed E-state index contributed by atoms with van der Waals surface area (Å²) in [6.07, 6.45) is 3.38. The molecule has 2 aliphatic rings. The summed E-state index contributed by atoms with van der Waals surface area (Å²) in [5.41, 5.74) is 3.92. The molecule has 5 heteroatoms. The smallest absolute Gasteiger partial charge is 0.339 e. The van der Waals surface area contributed by atoms with Gasteiger partial charge in [-0.2, -0.15) is 0 Å². The SMILES string of the molecule is Cn1c2c(c3c(C(=O)OC(C)(C)C)cc(Br)cc31)C1CCC(C2)N1. The molecular weight excluding hydrogens is 368 g/mol. The van der Waals surface area contributed by atoms with Crippen molar-refractivity contribution in [2.75, 3.05) is 0 Å². The quantitative estimate of drug-likeness (QED) is 0.740. The molecule has 0 amide bonds. The Morgan fingerprint density at radius 1 is 1.33 bits per heavy atom. The minimum atomic E-state index is -0.503. The Morgan fingerprint density at radius 2 is 2.08 bits per heavy atom. The zero-order chi connectivity index (χ0) is 17.2. The van der Waals surface area contributed by atoms with Crippen molar-refractivity contribution in [3.8, 4) is 0 Å². The number of nitrogens with zero attached hydrogens (tertiary/aromatic N) is 1. The first-order valence-corrected chi connectivity index (χ1v) is 9.34. The van der Waals surface area contributed by atoms with Crippen LogP contribution in [-0.4, -0.2) is 22.2 Å². The lowest BCUT2D eigenvalue weighted by Crippen LogP contribution is -2.32. The highest BCUT2D eigenvalue weighted by Gasteiger charge is 2.37. The van der Waals surface area contributed by atoms with Gasteiger partial charge in [0.15, 0.2) is 0 Å². The Balaban J connectivity index is 1.96. The van der Waals surface area contributed by atoms with E-state index in [1.807, 2.05) is 26.8 Å². The molecule has 2 bridgehead atoms. The largest absolute Gasteiger partial charge is 0.456 e. The van der Waals surface area contributed by atoms with E-state index in [1.165, 1.54) is 17.7 Å². The fraction of sp³-hybridized carbons (Fsp3) is 0.526. The van der Waals surface area contributed by atoms with Crippen LogP contribution in [0.2, 0.25) is 0 Å². The van der Waals surface area contributed by atoms with Gasteiger partial charge in [-0.1, -0.05) is 15.9 Å². The molecular formula is C19H23BrN2O2. The summed E-state index contributed by atoms with van der Waals surface area (Å²) < 4.78 is 8.85. The fourth-order valence-electron chi connectivity index (χ4n) is 4.17. The average molecular weight is 391 g/mol. The van der Waals surface area contributed by atoms with Crippen LogP contribution in [0.4, 0.5) is 0 Å². The first-order chi connectivity index (χ1) is 11.2. The maximum Gasteiger partial charge on any atom is 0.339 e. The van der Waals surface area contributed by atoms with E-state index in [-0.39, 0.29) is 5.97 Å². The highest BCUT2D eigenvalue weighted by atomic mass is 79.9. The number of aromatic nitrogens is 1. The minimum Gasteiger partial charge on any atom is -0.456 e. The molecule has 1 N–H and O–H groups in total. The molecule has 2 aliphatic heterocycles. The number of nitrogens with one attached hydrogen (secondary N) is 1. The second-order valence-corrected chi connectivity index (χ2v) is 8.88. The van der Waals surface area contributed by atoms with Crippen molar-refractivity contribution in [1.82, 2.24) is 9.88 Å². The molecule has 1 saturated heterocycles. The van der Waals surface area contributed by atoms with E-state index in [9.17, 15) is 4.79 Å². The van der Waals surface area contributed by atoms with E-state index in [4.69, 9.17) is 4.74 Å². The van der Waals surface area contributed by atoms with Gasteiger partial charge in [0.1, 0.15) is 5.60 Å². The molecule has 2 atom stereocenters. The maximum atomic E-state index is 12.9. The van der Waals surface area contributed by atoms with Gasteiger partial charge in [-0.05, 0) is 51.3 Å². The molecule has 2 unspecified atom stereocenters. The zero-order valence-corrected chi connectivity index (χ0v) is 16.2. The van der Waals surface area contributed by atoms with Gasteiger partial charge < -0.3 is 14.6 Å². The number of benzene rings is 1. The second-order valence-electron chi connectivity index (χ2n) is 7.97. The van der Waals surface area contributed by atoms with Crippen LogP contribution in [-0.2, 0) is 18.2 Å². The van der Waals surface area contributed by atoms with Crippen LogP contribution in [0.3, 0.4) is 0 Å². The number of aryl methyl sites for hydroxylation is 1. The molecule has 128 valence electrons. The lowest BCUT2D eigenvalue weighted by molar-refractivity contribution is 0.00717. The molecule has 0 spiro atoms. The monoisotopic (exact) mass is 390 g/mol. The van der Waals surface area contributed by atoms with Crippen LogP contribution >= 0.6 is 15.9 Å². The van der Waals surface area contributed by atoms with E-state index in [2.05, 4.69) is 38.9 Å². The van der Waals surface area contributed by atoms with Crippen molar-refractivity contribution in [2.24, 2.45) is 7.05 Å². The third kappa shape index (κ3) is 2.49. The molecule has 1 fully saturated rings. The van der Waals surface area contributed by atoms with Crippen molar-refractivity contribution in [3.05, 3.63) is 33.4 Å². The van der Waals surface area contributed by atoms with Crippen LogP contribution in [0.25, 0.3) is 10.9 Å². The summed E-state index contributed by atoms with van der Waals surface area (Å²) in [6.45, 7) is 5.72. The van der Waals surface area contributed by atoms with Gasteiger partial charge in [-0.15, -0.1) is 0 Å². The average Bonchev–Trinajstić information content (AvgIpc) is 2.98. The predicted octanol–water partition coefficient (Wildman–Crippen LogP) is 4.25. The van der Waals surface area contributed by atoms with E-state index in [0.717, 1.165) is 28.2 Å². The van der Waals surface area contributed by atoms with Crippen LogP contribution in [0.5, 0.6) is 0 Å². The van der Waals surface area contributed by atoms with Crippen molar-refractivity contribution in [2.45, 2.75) is 57.7 Å². The van der Waals surface area contributed by atoms with Crippen molar-refractivity contribution < 1.29 is 9.53 Å². The van der Waals surface area contributed by atoms with Gasteiger partial charge in [0.05, 0.1) is 11.1 Å². The Bertz CT molecular complexity index is 847. The number of halogens is 1. The molecule has 1 aromatic carbocycles. The van der Waals surface area contributed by atoms with Crippen LogP contribution in [0, 0.1) is 0 Å². The van der Waals surface area contributed by atoms with E-state index in [1.54, 1.807) is 0 Å². The van der Waals surface area contributed by atoms with Crippen molar-refractivity contribution in [3.63, 3.8) is 0 Å². The standard InChI is InChI=1S/C19H23BrN2O2/c1-19(2,3)24-18(23)12-7-10(20)8-14-16(12)17-13-6-5-11(21-13)9-15(17)22(14)4/h7-8,11,13,21H,5-6,9H2,1-4H3. The molecule has 3 heterocycles. The second kappa shape index (κ2) is 5.33. The molecule has 4 nitrogen and oxygen atoms in total. The predicted molar refractivity (Wildman–Crippen MR) is 98.4 cm³/mol. The van der Waals surface area contributed by atoms with Crippen LogP contribution in [0.1, 0.15) is 61.3 Å². The van der Waals surface area contributed by atoms with Crippen LogP contribution < -0.4 is 5.32 Å². The van der Waals surface area contributed by atoms with Gasteiger partial charge >= 0.3 is 5.97 Å². The molecule has 0 radical (unpaired) electrons. The van der Waals surface area contributed by atoms with Gasteiger partial charge in [-0.3, -0.25) is 0 Å².